The molecule has 4 nitrogen and oxygen atoms in total. The summed E-state index contributed by atoms with van der Waals surface area (Å²) >= 11 is 0. The highest BCUT2D eigenvalue weighted by molar-refractivity contribution is 5.98. The topological polar surface area (TPSA) is 52.2 Å². The molecular formula is C14H17NO3. The van der Waals surface area contributed by atoms with E-state index in [2.05, 4.69) is 0 Å². The molecule has 1 aromatic heterocycles. The van der Waals surface area contributed by atoms with Gasteiger partial charge in [-0.15, -0.1) is 0 Å². The SMILES string of the molecule is CCCC(=O)c1ccc2c(c1)oc(=O)n2CCC. The maximum atomic E-state index is 11.8. The van der Waals surface area contributed by atoms with Crippen molar-refractivity contribution in [3.05, 3.63) is 34.3 Å². The second-order valence-electron chi connectivity index (χ2n) is 4.38. The van der Waals surface area contributed by atoms with Crippen LogP contribution < -0.4 is 5.76 Å². The Labute approximate surface area is 105 Å². The predicted octanol–water partition coefficient (Wildman–Crippen LogP) is 2.99. The molecule has 0 atom stereocenters. The molecule has 0 spiro atoms. The number of oxazole rings is 1. The van der Waals surface area contributed by atoms with Gasteiger partial charge in [0, 0.05) is 18.5 Å². The van der Waals surface area contributed by atoms with Gasteiger partial charge in [0.05, 0.1) is 5.52 Å². The van der Waals surface area contributed by atoms with Gasteiger partial charge < -0.3 is 4.42 Å². The van der Waals surface area contributed by atoms with Crippen molar-refractivity contribution in [1.82, 2.24) is 4.57 Å². The van der Waals surface area contributed by atoms with E-state index in [4.69, 9.17) is 4.42 Å². The van der Waals surface area contributed by atoms with Crippen LogP contribution in [0.4, 0.5) is 0 Å². The highest BCUT2D eigenvalue weighted by atomic mass is 16.4. The summed E-state index contributed by atoms with van der Waals surface area (Å²) < 4.78 is 6.78. The molecule has 0 saturated carbocycles. The van der Waals surface area contributed by atoms with Crippen LogP contribution in [0.3, 0.4) is 0 Å². The summed E-state index contributed by atoms with van der Waals surface area (Å²) in [7, 11) is 0. The van der Waals surface area contributed by atoms with E-state index in [9.17, 15) is 9.59 Å². The van der Waals surface area contributed by atoms with Gasteiger partial charge in [0.15, 0.2) is 11.4 Å². The molecule has 0 radical (unpaired) electrons. The maximum absolute atomic E-state index is 11.8. The van der Waals surface area contributed by atoms with Gasteiger partial charge in [-0.3, -0.25) is 9.36 Å². The van der Waals surface area contributed by atoms with Crippen molar-refractivity contribution in [3.8, 4) is 0 Å². The second kappa shape index (κ2) is 5.21. The molecule has 0 N–H and O–H groups in total. The highest BCUT2D eigenvalue weighted by Crippen LogP contribution is 2.17. The number of Topliss-reactive ketones (excluding diaryl/α,β-unsaturated/α-hetero) is 1. The Kier molecular flexibility index (Phi) is 3.65. The van der Waals surface area contributed by atoms with Crippen LogP contribution in [0.2, 0.25) is 0 Å². The van der Waals surface area contributed by atoms with Crippen LogP contribution in [-0.4, -0.2) is 10.4 Å². The number of aromatic nitrogens is 1. The molecular weight excluding hydrogens is 230 g/mol. The van der Waals surface area contributed by atoms with Crippen LogP contribution in [0.1, 0.15) is 43.5 Å². The van der Waals surface area contributed by atoms with E-state index >= 15 is 0 Å². The fourth-order valence-electron chi connectivity index (χ4n) is 2.05. The predicted molar refractivity (Wildman–Crippen MR) is 70.0 cm³/mol. The first-order valence-corrected chi connectivity index (χ1v) is 6.34. The Balaban J connectivity index is 2.47. The zero-order valence-corrected chi connectivity index (χ0v) is 10.7. The van der Waals surface area contributed by atoms with Gasteiger partial charge in [0.1, 0.15) is 0 Å². The number of carbonyl (C=O) groups is 1. The summed E-state index contributed by atoms with van der Waals surface area (Å²) in [6.45, 7) is 4.60. The molecule has 2 aromatic rings. The number of fused-ring (bicyclic) bond motifs is 1. The van der Waals surface area contributed by atoms with Crippen LogP contribution in [-0.2, 0) is 6.54 Å². The van der Waals surface area contributed by atoms with Crippen molar-refractivity contribution >= 4 is 16.9 Å². The number of rotatable bonds is 5. The van der Waals surface area contributed by atoms with Gasteiger partial charge in [-0.2, -0.15) is 0 Å². The average molecular weight is 247 g/mol. The van der Waals surface area contributed by atoms with Crippen LogP contribution >= 0.6 is 0 Å². The van der Waals surface area contributed by atoms with Crippen molar-refractivity contribution in [1.29, 1.82) is 0 Å². The van der Waals surface area contributed by atoms with Crippen molar-refractivity contribution < 1.29 is 9.21 Å². The van der Waals surface area contributed by atoms with E-state index in [0.717, 1.165) is 18.4 Å². The average Bonchev–Trinajstić information content (AvgIpc) is 2.66. The summed E-state index contributed by atoms with van der Waals surface area (Å²) in [6, 6.07) is 5.22. The largest absolute Gasteiger partial charge is 0.419 e. The lowest BCUT2D eigenvalue weighted by atomic mass is 10.1. The molecule has 96 valence electrons. The Morgan fingerprint density at radius 2 is 2.06 bits per heavy atom. The highest BCUT2D eigenvalue weighted by Gasteiger charge is 2.11. The molecule has 0 bridgehead atoms. The fraction of sp³-hybridized carbons (Fsp3) is 0.429. The van der Waals surface area contributed by atoms with Gasteiger partial charge in [-0.05, 0) is 31.0 Å². The zero-order valence-electron chi connectivity index (χ0n) is 10.7. The number of hydrogen-bond acceptors (Lipinski definition) is 3. The first kappa shape index (κ1) is 12.6. The third-order valence-corrected chi connectivity index (χ3v) is 2.91. The van der Waals surface area contributed by atoms with Crippen molar-refractivity contribution in [2.75, 3.05) is 0 Å². The zero-order chi connectivity index (χ0) is 13.1. The first-order valence-electron chi connectivity index (χ1n) is 6.34. The summed E-state index contributed by atoms with van der Waals surface area (Å²) in [5.74, 6) is -0.266. The molecule has 4 heteroatoms. The van der Waals surface area contributed by atoms with E-state index < -0.39 is 0 Å². The van der Waals surface area contributed by atoms with E-state index in [0.29, 0.717) is 24.1 Å². The summed E-state index contributed by atoms with van der Waals surface area (Å²) in [5, 5.41) is 0. The van der Waals surface area contributed by atoms with E-state index in [1.54, 1.807) is 22.8 Å². The van der Waals surface area contributed by atoms with E-state index in [1.165, 1.54) is 0 Å². The molecule has 18 heavy (non-hydrogen) atoms. The van der Waals surface area contributed by atoms with E-state index in [1.807, 2.05) is 13.8 Å². The maximum Gasteiger partial charge on any atom is 0.419 e. The smallest absolute Gasteiger partial charge is 0.408 e. The molecule has 1 heterocycles. The molecule has 0 aliphatic carbocycles. The normalized spacial score (nSPS) is 11.0. The fourth-order valence-corrected chi connectivity index (χ4v) is 2.05. The Morgan fingerprint density at radius 1 is 1.28 bits per heavy atom. The van der Waals surface area contributed by atoms with E-state index in [-0.39, 0.29) is 11.5 Å². The Morgan fingerprint density at radius 3 is 2.72 bits per heavy atom. The molecule has 0 aliphatic rings. The minimum absolute atomic E-state index is 0.0882. The molecule has 0 unspecified atom stereocenters. The number of ketones is 1. The van der Waals surface area contributed by atoms with Crippen LogP contribution in [0.15, 0.2) is 27.4 Å². The number of carbonyl (C=O) groups excluding carboxylic acids is 1. The van der Waals surface area contributed by atoms with Crippen LogP contribution in [0, 0.1) is 0 Å². The Bertz CT molecular complexity index is 621. The minimum atomic E-state index is -0.355. The van der Waals surface area contributed by atoms with Gasteiger partial charge in [0.25, 0.3) is 0 Å². The summed E-state index contributed by atoms with van der Waals surface area (Å²) in [6.07, 6.45) is 2.20. The second-order valence-corrected chi connectivity index (χ2v) is 4.38. The molecule has 0 aliphatic heterocycles. The molecule has 0 fully saturated rings. The number of benzene rings is 1. The van der Waals surface area contributed by atoms with Gasteiger partial charge in [0.2, 0.25) is 0 Å². The lowest BCUT2D eigenvalue weighted by Crippen LogP contribution is -2.13. The third kappa shape index (κ3) is 2.23. The lowest BCUT2D eigenvalue weighted by Gasteiger charge is -2.00. The molecule has 0 saturated heterocycles. The minimum Gasteiger partial charge on any atom is -0.408 e. The lowest BCUT2D eigenvalue weighted by molar-refractivity contribution is 0.0982. The quantitative estimate of drug-likeness (QED) is 0.763. The number of hydrogen-bond donors (Lipinski definition) is 0. The van der Waals surface area contributed by atoms with Crippen LogP contribution in [0.25, 0.3) is 11.1 Å². The van der Waals surface area contributed by atoms with Gasteiger partial charge >= 0.3 is 5.76 Å². The van der Waals surface area contributed by atoms with Gasteiger partial charge in [-0.25, -0.2) is 4.79 Å². The molecule has 0 amide bonds. The number of nitrogens with zero attached hydrogens (tertiary/aromatic N) is 1. The standard InChI is InChI=1S/C14H17NO3/c1-3-5-12(16)10-6-7-11-13(9-10)18-14(17)15(11)8-4-2/h6-7,9H,3-5,8H2,1-2H3. The molecule has 1 aromatic carbocycles. The Hall–Kier alpha value is -1.84. The van der Waals surface area contributed by atoms with Crippen molar-refractivity contribution in [2.45, 2.75) is 39.7 Å². The summed E-state index contributed by atoms with van der Waals surface area (Å²) in [5.41, 5.74) is 1.87. The van der Waals surface area contributed by atoms with Crippen LogP contribution in [0.5, 0.6) is 0 Å². The first-order chi connectivity index (χ1) is 8.67. The monoisotopic (exact) mass is 247 g/mol. The van der Waals surface area contributed by atoms with Gasteiger partial charge in [-0.1, -0.05) is 13.8 Å². The molecule has 2 rings (SSSR count). The van der Waals surface area contributed by atoms with Crippen molar-refractivity contribution in [2.24, 2.45) is 0 Å². The number of aryl methyl sites for hydroxylation is 1. The third-order valence-electron chi connectivity index (χ3n) is 2.91. The summed E-state index contributed by atoms with van der Waals surface area (Å²) in [4.78, 5) is 23.4. The van der Waals surface area contributed by atoms with Crippen molar-refractivity contribution in [3.63, 3.8) is 0 Å².